The molecule has 0 radical (unpaired) electrons. The lowest BCUT2D eigenvalue weighted by Gasteiger charge is -2.16. The quantitative estimate of drug-likeness (QED) is 0.0954. The summed E-state index contributed by atoms with van der Waals surface area (Å²) in [5, 5.41) is 0. The number of hydrogen-bond acceptors (Lipinski definition) is 9. The zero-order chi connectivity index (χ0) is 30.7. The lowest BCUT2D eigenvalue weighted by Crippen LogP contribution is -3.00. The molecule has 5 N–H and O–H groups in total. The number of methoxy groups -OCH3 is 2. The van der Waals surface area contributed by atoms with Crippen molar-refractivity contribution in [3.05, 3.63) is 59.7 Å². The Morgan fingerprint density at radius 3 is 1.51 bits per heavy atom. The van der Waals surface area contributed by atoms with Crippen LogP contribution in [0.1, 0.15) is 45.2 Å². The molecule has 0 saturated carbocycles. The summed E-state index contributed by atoms with van der Waals surface area (Å²) >= 11 is 0. The fourth-order valence-corrected chi connectivity index (χ4v) is 3.32. The zero-order valence-electron chi connectivity index (χ0n) is 25.1. The van der Waals surface area contributed by atoms with Gasteiger partial charge in [-0.05, 0) is 53.5 Å². The maximum Gasteiger partial charge on any atom is 0.370 e. The van der Waals surface area contributed by atoms with Crippen LogP contribution >= 0.6 is 0 Å². The molecule has 0 unspecified atom stereocenters. The molecular weight excluding hydrogens is 599 g/mol. The van der Waals surface area contributed by atoms with E-state index in [1.54, 1.807) is 42.5 Å². The molecule has 43 heavy (non-hydrogen) atoms. The van der Waals surface area contributed by atoms with Crippen LogP contribution in [0.15, 0.2) is 48.6 Å². The van der Waals surface area contributed by atoms with Gasteiger partial charge in [-0.2, -0.15) is 0 Å². The number of rotatable bonds is 14. The van der Waals surface area contributed by atoms with E-state index in [2.05, 4.69) is 5.73 Å². The van der Waals surface area contributed by atoms with Gasteiger partial charge in [-0.15, -0.1) is 0 Å². The Morgan fingerprint density at radius 2 is 1.14 bits per heavy atom. The van der Waals surface area contributed by atoms with Gasteiger partial charge in [0.25, 0.3) is 0 Å². The highest BCUT2D eigenvalue weighted by molar-refractivity contribution is 6.10. The molecule has 0 saturated heterocycles. The van der Waals surface area contributed by atoms with Crippen molar-refractivity contribution in [3.63, 3.8) is 0 Å². The largest absolute Gasteiger partial charge is 1.00 e. The maximum atomic E-state index is 12.4. The van der Waals surface area contributed by atoms with Gasteiger partial charge in [0, 0.05) is 5.92 Å². The molecule has 2 aromatic carbocycles. The van der Waals surface area contributed by atoms with Crippen molar-refractivity contribution in [1.82, 2.24) is 0 Å². The van der Waals surface area contributed by atoms with Crippen LogP contribution in [-0.4, -0.2) is 49.8 Å². The highest BCUT2D eigenvalue weighted by Crippen LogP contribution is 2.30. The monoisotopic (exact) mass is 637 g/mol. The molecule has 0 aliphatic heterocycles. The number of benzene rings is 2. The topological polar surface area (TPSA) is 159 Å². The molecule has 0 aromatic heterocycles. The van der Waals surface area contributed by atoms with E-state index in [9.17, 15) is 19.2 Å². The minimum atomic E-state index is -0.772. The van der Waals surface area contributed by atoms with Crippen molar-refractivity contribution in [3.8, 4) is 23.0 Å². The molecule has 12 heteroatoms. The molecule has 0 fully saturated rings. The molecule has 0 bridgehead atoms. The van der Waals surface area contributed by atoms with E-state index in [4.69, 9.17) is 24.7 Å². The molecular formula is C31H39Cl2N2O8-. The van der Waals surface area contributed by atoms with Gasteiger partial charge in [0.2, 0.25) is 0 Å². The summed E-state index contributed by atoms with van der Waals surface area (Å²) in [6, 6.07) is 8.34. The predicted octanol–water partition coefficient (Wildman–Crippen LogP) is -2.97. The molecule has 2 aromatic rings. The van der Waals surface area contributed by atoms with Crippen LogP contribution in [-0.2, 0) is 19.2 Å². The van der Waals surface area contributed by atoms with Gasteiger partial charge in [0.15, 0.2) is 40.6 Å². The van der Waals surface area contributed by atoms with Gasteiger partial charge in [-0.3, -0.25) is 9.59 Å². The SMILES string of the molecule is COc1cc(/C=C/C(=O)CC(=O)/C=C/c2ccc(OC(=O)[C@@H]([NH3+])C(C)C)c(OC)c2)ccc1OC(=O)[C@@H](N)C(C)C.[Cl-].[Cl-]. The third kappa shape index (κ3) is 12.2. The van der Waals surface area contributed by atoms with Crippen molar-refractivity contribution in [1.29, 1.82) is 0 Å². The standard InChI is InChI=1S/C31H38N2O8.2ClH/c1-18(2)28(32)30(36)40-24-13-9-20(15-26(24)38-5)7-11-22(34)17-23(35)12-8-21-10-14-25(27(16-21)39-6)41-31(37)29(33)19(3)4;;/h7-16,18-19,28-29H,17,32-33H2,1-6H3;2*1H/p-1/b11-7+,12-8+;;/t28-,29-;;/m0../s1. The number of ketones is 2. The van der Waals surface area contributed by atoms with Crippen molar-refractivity contribution < 1.29 is 68.7 Å². The number of carbonyl (C=O) groups is 4. The Kier molecular flexibility index (Phi) is 17.1. The molecule has 2 atom stereocenters. The normalized spacial score (nSPS) is 12.3. The third-order valence-corrected chi connectivity index (χ3v) is 6.17. The molecule has 10 nitrogen and oxygen atoms in total. The average Bonchev–Trinajstić information content (AvgIpc) is 2.94. The zero-order valence-corrected chi connectivity index (χ0v) is 26.6. The van der Waals surface area contributed by atoms with Crippen LogP contribution in [0.4, 0.5) is 0 Å². The van der Waals surface area contributed by atoms with Crippen LogP contribution in [0.2, 0.25) is 0 Å². The summed E-state index contributed by atoms with van der Waals surface area (Å²) < 4.78 is 21.4. The Morgan fingerprint density at radius 1 is 0.721 bits per heavy atom. The first-order valence-corrected chi connectivity index (χ1v) is 13.2. The first-order valence-electron chi connectivity index (χ1n) is 13.2. The van der Waals surface area contributed by atoms with Crippen LogP contribution < -0.4 is 55.2 Å². The van der Waals surface area contributed by atoms with Crippen molar-refractivity contribution in [2.24, 2.45) is 17.6 Å². The number of carbonyl (C=O) groups excluding carboxylic acids is 4. The minimum absolute atomic E-state index is 0. The van der Waals surface area contributed by atoms with Crippen LogP contribution in [0, 0.1) is 11.8 Å². The molecule has 236 valence electrons. The predicted molar refractivity (Wildman–Crippen MR) is 154 cm³/mol. The number of allylic oxidation sites excluding steroid dienone is 2. The van der Waals surface area contributed by atoms with E-state index in [1.807, 2.05) is 27.7 Å². The van der Waals surface area contributed by atoms with Gasteiger partial charge in [0.1, 0.15) is 6.04 Å². The van der Waals surface area contributed by atoms with E-state index >= 15 is 0 Å². The van der Waals surface area contributed by atoms with Crippen molar-refractivity contribution >= 4 is 35.7 Å². The second-order valence-electron chi connectivity index (χ2n) is 10.1. The third-order valence-electron chi connectivity index (χ3n) is 6.17. The fraction of sp³-hybridized carbons (Fsp3) is 0.355. The van der Waals surface area contributed by atoms with Gasteiger partial charge < -0.3 is 55.2 Å². The summed E-state index contributed by atoms with van der Waals surface area (Å²) in [6.45, 7) is 7.39. The Balaban J connectivity index is 0.00000882. The van der Waals surface area contributed by atoms with E-state index in [-0.39, 0.29) is 54.6 Å². The minimum Gasteiger partial charge on any atom is -1.00 e. The average molecular weight is 639 g/mol. The highest BCUT2D eigenvalue weighted by Gasteiger charge is 2.24. The van der Waals surface area contributed by atoms with E-state index in [0.29, 0.717) is 22.6 Å². The number of nitrogens with two attached hydrogens (primary N) is 1. The Hall–Kier alpha value is -3.70. The number of hydrogen-bond donors (Lipinski definition) is 2. The lowest BCUT2D eigenvalue weighted by molar-refractivity contribution is -0.417. The molecule has 0 spiro atoms. The van der Waals surface area contributed by atoms with E-state index in [0.717, 1.165) is 0 Å². The summed E-state index contributed by atoms with van der Waals surface area (Å²) in [6.07, 6.45) is 5.33. The lowest BCUT2D eigenvalue weighted by atomic mass is 10.1. The molecule has 0 aliphatic carbocycles. The number of ether oxygens (including phenoxy) is 4. The Bertz CT molecular complexity index is 1230. The van der Waals surface area contributed by atoms with Gasteiger partial charge in [0.05, 0.1) is 20.6 Å². The number of halogens is 2. The first-order chi connectivity index (χ1) is 19.4. The summed E-state index contributed by atoms with van der Waals surface area (Å²) in [5.74, 6) is -0.823. The molecule has 2 rings (SSSR count). The Labute approximate surface area is 264 Å². The van der Waals surface area contributed by atoms with Crippen LogP contribution in [0.25, 0.3) is 12.2 Å². The summed E-state index contributed by atoms with van der Waals surface area (Å²) in [7, 11) is 2.87. The van der Waals surface area contributed by atoms with Gasteiger partial charge in [-0.25, -0.2) is 9.59 Å². The summed E-state index contributed by atoms with van der Waals surface area (Å²) in [5.41, 5.74) is 10.9. The maximum absolute atomic E-state index is 12.4. The van der Waals surface area contributed by atoms with Gasteiger partial charge >= 0.3 is 11.9 Å². The van der Waals surface area contributed by atoms with E-state index in [1.165, 1.54) is 32.4 Å². The van der Waals surface area contributed by atoms with Crippen molar-refractivity contribution in [2.45, 2.75) is 46.2 Å². The molecule has 0 amide bonds. The number of quaternary nitrogens is 1. The molecule has 0 aliphatic rings. The smallest absolute Gasteiger partial charge is 0.370 e. The second kappa shape index (κ2) is 18.8. The molecule has 0 heterocycles. The summed E-state index contributed by atoms with van der Waals surface area (Å²) in [4.78, 5) is 49.1. The van der Waals surface area contributed by atoms with Crippen LogP contribution in [0.5, 0.6) is 23.0 Å². The fourth-order valence-electron chi connectivity index (χ4n) is 3.32. The highest BCUT2D eigenvalue weighted by atomic mass is 35.5. The van der Waals surface area contributed by atoms with Crippen LogP contribution in [0.3, 0.4) is 0 Å². The second-order valence-corrected chi connectivity index (χ2v) is 10.1. The van der Waals surface area contributed by atoms with Gasteiger partial charge in [-0.1, -0.05) is 52.0 Å². The van der Waals surface area contributed by atoms with Crippen molar-refractivity contribution in [2.75, 3.05) is 14.2 Å². The first kappa shape index (κ1) is 39.3. The van der Waals surface area contributed by atoms with E-state index < -0.39 is 35.6 Å². The number of esters is 2.